The molecule has 98 valence electrons. The molecule has 0 rings (SSSR count). The Morgan fingerprint density at radius 1 is 1.50 bits per heavy atom. The van der Waals surface area contributed by atoms with Crippen LogP contribution in [0.1, 0.15) is 12.3 Å². The van der Waals surface area contributed by atoms with E-state index < -0.39 is 65.7 Å². The Balaban J connectivity index is 5.30. The first-order valence-electron chi connectivity index (χ1n) is 8.69. The Bertz CT molecular complexity index is 442. The third-order valence-corrected chi connectivity index (χ3v) is 2.28. The van der Waals surface area contributed by atoms with Crippen molar-refractivity contribution in [1.82, 2.24) is 0 Å². The molecule has 0 fully saturated rings. The van der Waals surface area contributed by atoms with E-state index in [0.29, 0.717) is 0 Å². The van der Waals surface area contributed by atoms with E-state index in [2.05, 4.69) is 9.05 Å². The van der Waals surface area contributed by atoms with E-state index in [0.717, 1.165) is 0 Å². The van der Waals surface area contributed by atoms with Gasteiger partial charge in [0.25, 0.3) is 7.82 Å². The van der Waals surface area contributed by atoms with Crippen molar-refractivity contribution in [2.24, 2.45) is 0 Å². The zero-order chi connectivity index (χ0) is 20.3. The summed E-state index contributed by atoms with van der Waals surface area (Å²) >= 11 is 0. The minimum absolute atomic E-state index is 0.794. The van der Waals surface area contributed by atoms with Crippen molar-refractivity contribution in [3.8, 4) is 0 Å². The minimum Gasteiger partial charge on any atom is -0.756 e. The van der Waals surface area contributed by atoms with Crippen LogP contribution < -0.4 is 4.89 Å². The third-order valence-electron chi connectivity index (χ3n) is 1.31. The van der Waals surface area contributed by atoms with Gasteiger partial charge in [-0.2, -0.15) is 0 Å². The van der Waals surface area contributed by atoms with Gasteiger partial charge in [0.05, 0.1) is 46.5 Å². The van der Waals surface area contributed by atoms with Crippen LogP contribution in [0, 0.1) is 0 Å². The molecular formula is C8H20NO6P. The van der Waals surface area contributed by atoms with Gasteiger partial charge in [-0.15, -0.1) is 0 Å². The van der Waals surface area contributed by atoms with Crippen LogP contribution in [0.25, 0.3) is 0 Å². The van der Waals surface area contributed by atoms with E-state index >= 15 is 0 Å². The Hall–Kier alpha value is -0.0100. The number of likely N-dealkylation sites (N-methyl/N-ethyl adjacent to an activating group) is 1. The molecule has 0 spiro atoms. The molecule has 0 amide bonds. The Morgan fingerprint density at radius 3 is 2.62 bits per heavy atom. The SMILES string of the molecule is [2H]C([2H])([2H])[N+](CCOP(=O)([O-])OC[C@H](O)CO)(C([2H])([2H])[2H])C([2H])([2H])[2H]. The van der Waals surface area contributed by atoms with Gasteiger partial charge < -0.3 is 28.6 Å². The number of rotatable bonds is 8. The van der Waals surface area contributed by atoms with E-state index in [-0.39, 0.29) is 0 Å². The van der Waals surface area contributed by atoms with Crippen LogP contribution in [-0.2, 0) is 13.6 Å². The van der Waals surface area contributed by atoms with E-state index in [9.17, 15) is 9.46 Å². The van der Waals surface area contributed by atoms with Crippen molar-refractivity contribution in [2.45, 2.75) is 6.10 Å². The first-order valence-corrected chi connectivity index (χ1v) is 5.65. The molecule has 0 aliphatic carbocycles. The summed E-state index contributed by atoms with van der Waals surface area (Å²) in [4.78, 5) is 11.4. The van der Waals surface area contributed by atoms with Crippen LogP contribution in [0.4, 0.5) is 0 Å². The average molecular weight is 266 g/mol. The molecule has 0 heterocycles. The highest BCUT2D eigenvalue weighted by Crippen LogP contribution is 2.38. The highest BCUT2D eigenvalue weighted by Gasteiger charge is 2.14. The number of aliphatic hydroxyl groups excluding tert-OH is 2. The quantitative estimate of drug-likeness (QED) is 0.412. The van der Waals surface area contributed by atoms with Crippen LogP contribution in [-0.4, -0.2) is 68.1 Å². The summed E-state index contributed by atoms with van der Waals surface area (Å²) in [5.41, 5.74) is 0. The van der Waals surface area contributed by atoms with E-state index in [1.54, 1.807) is 0 Å². The van der Waals surface area contributed by atoms with Crippen molar-refractivity contribution in [1.29, 1.82) is 0 Å². The minimum atomic E-state index is -5.08. The Morgan fingerprint density at radius 2 is 2.12 bits per heavy atom. The van der Waals surface area contributed by atoms with Crippen LogP contribution in [0.3, 0.4) is 0 Å². The number of phosphoric ester groups is 1. The standard InChI is InChI=1S/C8H20NO6P/c1-9(2,3)4-5-14-16(12,13)15-7-8(11)6-10/h8,10-11H,4-7H2,1-3H3/t8-/m1/s1/i1D3,2D3,3D3. The van der Waals surface area contributed by atoms with Crippen LogP contribution in [0.5, 0.6) is 0 Å². The number of nitrogens with zero attached hydrogens (tertiary/aromatic N) is 1. The lowest BCUT2D eigenvalue weighted by atomic mass is 10.4. The molecule has 0 saturated heterocycles. The normalized spacial score (nSPS) is 28.8. The van der Waals surface area contributed by atoms with Crippen molar-refractivity contribution in [3.63, 3.8) is 0 Å². The predicted octanol–water partition coefficient (Wildman–Crippen LogP) is -1.45. The second-order valence-electron chi connectivity index (χ2n) is 2.95. The molecule has 2 N–H and O–H groups in total. The largest absolute Gasteiger partial charge is 0.756 e. The molecule has 0 saturated carbocycles. The van der Waals surface area contributed by atoms with Gasteiger partial charge in [0.1, 0.15) is 19.3 Å². The van der Waals surface area contributed by atoms with Gasteiger partial charge in [0.15, 0.2) is 0 Å². The molecule has 16 heavy (non-hydrogen) atoms. The zero-order valence-electron chi connectivity index (χ0n) is 17.3. The number of aliphatic hydroxyl groups is 2. The number of phosphoric acid groups is 1. The van der Waals surface area contributed by atoms with Gasteiger partial charge in [-0.1, -0.05) is 0 Å². The molecule has 0 aliphatic rings. The smallest absolute Gasteiger partial charge is 0.268 e. The van der Waals surface area contributed by atoms with Crippen LogP contribution >= 0.6 is 7.82 Å². The molecule has 8 heteroatoms. The Labute approximate surface area is 108 Å². The first kappa shape index (κ1) is 6.24. The maximum atomic E-state index is 11.4. The van der Waals surface area contributed by atoms with Crippen molar-refractivity contribution >= 4 is 7.82 Å². The summed E-state index contributed by atoms with van der Waals surface area (Å²) in [6.07, 6.45) is -1.52. The first-order chi connectivity index (χ1) is 10.9. The number of hydrogen-bond acceptors (Lipinski definition) is 6. The van der Waals surface area contributed by atoms with Crippen molar-refractivity contribution in [3.05, 3.63) is 0 Å². The molecule has 0 aliphatic heterocycles. The van der Waals surface area contributed by atoms with Gasteiger partial charge in [0.2, 0.25) is 0 Å². The lowest BCUT2D eigenvalue weighted by Gasteiger charge is -2.27. The summed E-state index contributed by atoms with van der Waals surface area (Å²) in [5.74, 6) is 0. The highest BCUT2D eigenvalue weighted by atomic mass is 31.2. The van der Waals surface area contributed by atoms with Crippen molar-refractivity contribution < 1.29 is 45.5 Å². The number of hydrogen-bond donors (Lipinski definition) is 2. The van der Waals surface area contributed by atoms with Crippen molar-refractivity contribution in [2.75, 3.05) is 47.3 Å². The molecular weight excluding hydrogens is 237 g/mol. The van der Waals surface area contributed by atoms with Crippen LogP contribution in [0.2, 0.25) is 0 Å². The van der Waals surface area contributed by atoms with Gasteiger partial charge in [0, 0.05) is 0 Å². The van der Waals surface area contributed by atoms with Gasteiger partial charge in [-0.25, -0.2) is 0 Å². The Kier molecular flexibility index (Phi) is 2.60. The van der Waals surface area contributed by atoms with E-state index in [1.807, 2.05) is 0 Å². The van der Waals surface area contributed by atoms with E-state index in [4.69, 9.17) is 22.5 Å². The second-order valence-corrected chi connectivity index (χ2v) is 4.36. The second kappa shape index (κ2) is 6.66. The van der Waals surface area contributed by atoms with Crippen LogP contribution in [0.15, 0.2) is 0 Å². The summed E-state index contributed by atoms with van der Waals surface area (Å²) in [6.45, 7) is -14.5. The summed E-state index contributed by atoms with van der Waals surface area (Å²) in [7, 11) is -5.08. The van der Waals surface area contributed by atoms with Gasteiger partial charge in [-0.3, -0.25) is 4.57 Å². The fraction of sp³-hybridized carbons (Fsp3) is 1.00. The predicted molar refractivity (Wildman–Crippen MR) is 55.5 cm³/mol. The summed E-state index contributed by atoms with van der Waals surface area (Å²) < 4.78 is 83.6. The maximum Gasteiger partial charge on any atom is 0.268 e. The zero-order valence-corrected chi connectivity index (χ0v) is 9.22. The lowest BCUT2D eigenvalue weighted by molar-refractivity contribution is -0.870. The molecule has 2 atom stereocenters. The molecule has 0 aromatic carbocycles. The monoisotopic (exact) mass is 266 g/mol. The fourth-order valence-corrected chi connectivity index (χ4v) is 1.29. The third kappa shape index (κ3) is 9.23. The molecule has 7 nitrogen and oxygen atoms in total. The highest BCUT2D eigenvalue weighted by molar-refractivity contribution is 7.45. The molecule has 1 unspecified atom stereocenters. The average Bonchev–Trinajstić information content (AvgIpc) is 2.36. The topological polar surface area (TPSA) is 99.1 Å². The summed E-state index contributed by atoms with van der Waals surface area (Å²) in [5, 5.41) is 17.5. The fourth-order valence-electron chi connectivity index (χ4n) is 0.557. The molecule has 0 aromatic rings. The van der Waals surface area contributed by atoms with E-state index in [1.165, 1.54) is 0 Å². The number of quaternary nitrogens is 1. The molecule has 0 aromatic heterocycles. The summed E-state index contributed by atoms with van der Waals surface area (Å²) in [6, 6.07) is 0. The van der Waals surface area contributed by atoms with Gasteiger partial charge in [-0.05, 0) is 0 Å². The molecule has 0 bridgehead atoms. The van der Waals surface area contributed by atoms with Gasteiger partial charge >= 0.3 is 0 Å². The lowest BCUT2D eigenvalue weighted by Crippen LogP contribution is -2.37. The molecule has 0 radical (unpaired) electrons. The maximum absolute atomic E-state index is 11.4.